The number of carbonyl (C=O) groups excluding carboxylic acids is 2. The summed E-state index contributed by atoms with van der Waals surface area (Å²) in [6, 6.07) is -0.878. The number of quaternary nitrogens is 1. The van der Waals surface area contributed by atoms with Gasteiger partial charge in [0.05, 0.1) is 33.8 Å². The first-order valence-corrected chi connectivity index (χ1v) is 34.0. The van der Waals surface area contributed by atoms with Gasteiger partial charge in [-0.3, -0.25) is 18.6 Å². The molecule has 0 saturated carbocycles. The second kappa shape index (κ2) is 59.3. The Morgan fingerprint density at radius 1 is 0.444 bits per heavy atom. The summed E-state index contributed by atoms with van der Waals surface area (Å²) in [7, 11) is 1.45. The third-order valence-corrected chi connectivity index (χ3v) is 14.6. The van der Waals surface area contributed by atoms with Crippen LogP contribution in [0, 0.1) is 0 Å². The number of unbranched alkanes of at least 4 members (excludes halogenated alkanes) is 21. The van der Waals surface area contributed by atoms with Gasteiger partial charge in [-0.2, -0.15) is 0 Å². The van der Waals surface area contributed by atoms with Crippen LogP contribution in [0.4, 0.5) is 0 Å². The molecule has 462 valence electrons. The van der Waals surface area contributed by atoms with Crippen LogP contribution in [0.5, 0.6) is 0 Å². The minimum Gasteiger partial charge on any atom is -0.456 e. The highest BCUT2D eigenvalue weighted by molar-refractivity contribution is 7.47. The Bertz CT molecular complexity index is 1850. The van der Waals surface area contributed by atoms with Gasteiger partial charge >= 0.3 is 13.8 Å². The highest BCUT2D eigenvalue weighted by Gasteiger charge is 2.30. The van der Waals surface area contributed by atoms with Gasteiger partial charge in [-0.05, 0) is 122 Å². The SMILES string of the molecule is CC/C=C\C/C=C\C/C=C\C/C=C\C/C=C\C/C=C\CCCCCCCCCCC(=O)OC(/C=C\CCCCCCCCCCCC)C(COP(=O)(O)OCC[N+](C)(C)C)NC(=O)CCCCC/C=C/C/C=C/C/C=C/C/C=C/CC. The summed E-state index contributed by atoms with van der Waals surface area (Å²) in [6.45, 7) is 6.74. The molecule has 0 aromatic carbocycles. The zero-order valence-corrected chi connectivity index (χ0v) is 53.6. The van der Waals surface area contributed by atoms with Crippen molar-refractivity contribution in [2.24, 2.45) is 0 Å². The number of likely N-dealkylation sites (N-methyl/N-ethyl adjacent to an activating group) is 1. The van der Waals surface area contributed by atoms with Crippen LogP contribution in [-0.4, -0.2) is 74.3 Å². The molecule has 0 aromatic rings. The minimum absolute atomic E-state index is 0.0253. The van der Waals surface area contributed by atoms with E-state index < -0.39 is 20.0 Å². The molecule has 0 fully saturated rings. The number of hydrogen-bond donors (Lipinski definition) is 2. The number of nitrogens with one attached hydrogen (secondary N) is 1. The lowest BCUT2D eigenvalue weighted by Gasteiger charge is -2.27. The molecule has 0 rings (SSSR count). The minimum atomic E-state index is -4.47. The molecule has 10 heteroatoms. The van der Waals surface area contributed by atoms with E-state index >= 15 is 0 Å². The quantitative estimate of drug-likeness (QED) is 0.0205. The third kappa shape index (κ3) is 60.6. The van der Waals surface area contributed by atoms with Gasteiger partial charge in [-0.25, -0.2) is 4.57 Å². The Morgan fingerprint density at radius 2 is 0.790 bits per heavy atom. The van der Waals surface area contributed by atoms with Crippen molar-refractivity contribution in [3.63, 3.8) is 0 Å². The van der Waals surface area contributed by atoms with Gasteiger partial charge < -0.3 is 19.4 Å². The Labute approximate surface area is 498 Å². The number of allylic oxidation sites excluding steroid dienone is 21. The second-order valence-electron chi connectivity index (χ2n) is 22.5. The summed E-state index contributed by atoms with van der Waals surface area (Å²) in [5.74, 6) is -0.559. The van der Waals surface area contributed by atoms with Gasteiger partial charge in [0.2, 0.25) is 5.91 Å². The van der Waals surface area contributed by atoms with Crippen LogP contribution in [-0.2, 0) is 27.9 Å². The fourth-order valence-electron chi connectivity index (χ4n) is 8.64. The molecule has 0 radical (unpaired) electrons. The average Bonchev–Trinajstić information content (AvgIpc) is 3.44. The first-order chi connectivity index (χ1) is 39.4. The van der Waals surface area contributed by atoms with E-state index in [4.69, 9.17) is 13.8 Å². The maximum absolute atomic E-state index is 13.5. The van der Waals surface area contributed by atoms with Gasteiger partial charge in [0.1, 0.15) is 19.3 Å². The molecule has 3 unspecified atom stereocenters. The Kier molecular flexibility index (Phi) is 56.5. The summed E-state index contributed by atoms with van der Waals surface area (Å²) < 4.78 is 30.7. The van der Waals surface area contributed by atoms with Crippen molar-refractivity contribution in [3.8, 4) is 0 Å². The molecule has 3 atom stereocenters. The smallest absolute Gasteiger partial charge is 0.456 e. The first-order valence-electron chi connectivity index (χ1n) is 32.5. The summed E-state index contributed by atoms with van der Waals surface area (Å²) in [5.41, 5.74) is 0. The Morgan fingerprint density at radius 3 is 1.20 bits per heavy atom. The van der Waals surface area contributed by atoms with E-state index in [-0.39, 0.29) is 37.9 Å². The van der Waals surface area contributed by atoms with Crippen LogP contribution in [0.2, 0.25) is 0 Å². The summed E-state index contributed by atoms with van der Waals surface area (Å²) in [4.78, 5) is 37.8. The number of nitrogens with zero attached hydrogens (tertiary/aromatic N) is 1. The number of esters is 1. The maximum atomic E-state index is 13.5. The second-order valence-corrected chi connectivity index (χ2v) is 24.0. The molecule has 0 aliphatic carbocycles. The topological polar surface area (TPSA) is 111 Å². The van der Waals surface area contributed by atoms with Crippen LogP contribution in [0.25, 0.3) is 0 Å². The van der Waals surface area contributed by atoms with Crippen molar-refractivity contribution in [2.75, 3.05) is 40.9 Å². The summed E-state index contributed by atoms with van der Waals surface area (Å²) in [5, 5.41) is 3.03. The van der Waals surface area contributed by atoms with E-state index in [0.29, 0.717) is 17.4 Å². The van der Waals surface area contributed by atoms with Crippen LogP contribution in [0.3, 0.4) is 0 Å². The highest BCUT2D eigenvalue weighted by Crippen LogP contribution is 2.43. The Hall–Kier alpha value is -3.85. The van der Waals surface area contributed by atoms with Gasteiger partial charge in [-0.1, -0.05) is 251 Å². The molecule has 0 aliphatic heterocycles. The lowest BCUT2D eigenvalue weighted by atomic mass is 10.0. The standard InChI is InChI=1S/C71H121N2O7P/c1-7-10-13-16-19-22-25-28-30-32-33-34-35-36-37-38-39-40-41-42-44-46-49-52-55-58-61-64-71(75)80-69(62-59-56-53-50-47-27-24-21-18-15-12-9-3)68(67-79-81(76,77)78-66-65-73(4,5)6)72-70(74)63-60-57-54-51-48-45-43-31-29-26-23-20-17-14-11-8-2/h10-11,13-14,19-20,22-23,28-31,33-34,36-37,39-40,45,48,59,62,68-69H,7-9,12,15-18,21,24-27,32,35,38,41-44,46-47,49-58,60-61,63-67H2,1-6H3,(H-,72,74,76,77)/p+1/b13-10-,14-11+,22-19-,23-20+,30-28-,31-29+,34-33-,37-36-,40-39-,48-45+,62-59-. The molecule has 81 heavy (non-hydrogen) atoms. The first kappa shape index (κ1) is 77.2. The third-order valence-electron chi connectivity index (χ3n) is 13.6. The molecule has 0 aliphatic rings. The molecule has 0 bridgehead atoms. The maximum Gasteiger partial charge on any atom is 0.472 e. The molecule has 9 nitrogen and oxygen atoms in total. The van der Waals surface area contributed by atoms with E-state index in [0.717, 1.165) is 135 Å². The van der Waals surface area contributed by atoms with Crippen molar-refractivity contribution in [1.82, 2.24) is 5.32 Å². The fraction of sp³-hybridized carbons (Fsp3) is 0.662. The molecular weight excluding hydrogens is 1020 g/mol. The predicted octanol–water partition coefficient (Wildman–Crippen LogP) is 20.4. The van der Waals surface area contributed by atoms with E-state index in [1.54, 1.807) is 0 Å². The zero-order chi connectivity index (χ0) is 59.3. The number of amides is 1. The van der Waals surface area contributed by atoms with Crippen LogP contribution >= 0.6 is 7.82 Å². The van der Waals surface area contributed by atoms with E-state index in [9.17, 15) is 19.0 Å². The molecule has 2 N–H and O–H groups in total. The van der Waals surface area contributed by atoms with E-state index in [1.165, 1.54) is 77.0 Å². The van der Waals surface area contributed by atoms with Crippen LogP contribution in [0.1, 0.15) is 252 Å². The van der Waals surface area contributed by atoms with E-state index in [1.807, 2.05) is 33.3 Å². The molecule has 0 heterocycles. The highest BCUT2D eigenvalue weighted by atomic mass is 31.2. The van der Waals surface area contributed by atoms with Crippen molar-refractivity contribution >= 4 is 19.7 Å². The van der Waals surface area contributed by atoms with Crippen molar-refractivity contribution in [1.29, 1.82) is 0 Å². The number of rotatable bonds is 57. The lowest BCUT2D eigenvalue weighted by Crippen LogP contribution is -2.47. The number of phosphoric acid groups is 1. The Balaban J connectivity index is 5.19. The van der Waals surface area contributed by atoms with Gasteiger partial charge in [0, 0.05) is 12.8 Å². The molecule has 0 spiro atoms. The fourth-order valence-corrected chi connectivity index (χ4v) is 9.38. The van der Waals surface area contributed by atoms with Gasteiger partial charge in [0.25, 0.3) is 0 Å². The molecule has 0 aromatic heterocycles. The number of hydrogen-bond acceptors (Lipinski definition) is 6. The van der Waals surface area contributed by atoms with E-state index in [2.05, 4.69) is 148 Å². The molecular formula is C71H122N2O7P+. The predicted molar refractivity (Wildman–Crippen MR) is 350 cm³/mol. The molecule has 1 amide bonds. The van der Waals surface area contributed by atoms with Crippen molar-refractivity contribution in [3.05, 3.63) is 134 Å². The number of phosphoric ester groups is 1. The lowest BCUT2D eigenvalue weighted by molar-refractivity contribution is -0.870. The monoisotopic (exact) mass is 1150 g/mol. The van der Waals surface area contributed by atoms with Crippen LogP contribution < -0.4 is 5.32 Å². The van der Waals surface area contributed by atoms with Crippen LogP contribution in [0.15, 0.2) is 134 Å². The zero-order valence-electron chi connectivity index (χ0n) is 52.7. The molecule has 0 saturated heterocycles. The normalized spacial score (nSPS) is 14.5. The average molecular weight is 1150 g/mol. The summed E-state index contributed by atoms with van der Waals surface area (Å²) in [6.07, 6.45) is 84.6. The summed E-state index contributed by atoms with van der Waals surface area (Å²) >= 11 is 0. The van der Waals surface area contributed by atoms with Gasteiger partial charge in [0.15, 0.2) is 0 Å². The van der Waals surface area contributed by atoms with Crippen molar-refractivity contribution in [2.45, 2.75) is 264 Å². The van der Waals surface area contributed by atoms with Gasteiger partial charge in [-0.15, -0.1) is 0 Å². The number of ether oxygens (including phenoxy) is 1. The van der Waals surface area contributed by atoms with Crippen molar-refractivity contribution < 1.29 is 37.3 Å². The largest absolute Gasteiger partial charge is 0.472 e. The number of carbonyl (C=O) groups is 2.